The number of methoxy groups -OCH3 is 1. The maximum absolute atomic E-state index is 13.7. The normalized spacial score (nSPS) is 18.5. The molecular formula is C27H35N5O8S2. The Kier molecular flexibility index (Phi) is 9.15. The van der Waals surface area contributed by atoms with Crippen LogP contribution in [0.1, 0.15) is 24.2 Å². The molecule has 0 saturated carbocycles. The number of aliphatic hydroxyl groups excluding tert-OH is 1. The highest BCUT2D eigenvalue weighted by molar-refractivity contribution is 7.92. The fraction of sp³-hybridized carbons (Fsp3) is 0.407. The number of anilines is 1. The number of aromatic nitrogens is 2. The van der Waals surface area contributed by atoms with Gasteiger partial charge >= 0.3 is 0 Å². The summed E-state index contributed by atoms with van der Waals surface area (Å²) < 4.78 is 69.8. The monoisotopic (exact) mass is 621 g/mol. The van der Waals surface area contributed by atoms with Gasteiger partial charge in [0, 0.05) is 32.8 Å². The van der Waals surface area contributed by atoms with E-state index in [2.05, 4.69) is 9.71 Å². The number of carbonyl (C=O) groups is 1. The fourth-order valence-electron chi connectivity index (χ4n) is 4.53. The second kappa shape index (κ2) is 12.3. The molecule has 42 heavy (non-hydrogen) atoms. The number of benzene rings is 2. The molecule has 0 unspecified atom stereocenters. The van der Waals surface area contributed by atoms with Crippen LogP contribution in [0, 0.1) is 5.92 Å². The number of rotatable bonds is 10. The first kappa shape index (κ1) is 31.3. The van der Waals surface area contributed by atoms with E-state index < -0.39 is 44.0 Å². The lowest BCUT2D eigenvalue weighted by molar-refractivity contribution is 0.0389. The number of imidazole rings is 1. The van der Waals surface area contributed by atoms with Gasteiger partial charge in [-0.15, -0.1) is 0 Å². The van der Waals surface area contributed by atoms with Crippen LogP contribution in [0.4, 0.5) is 5.69 Å². The molecule has 228 valence electrons. The fourth-order valence-corrected chi connectivity index (χ4v) is 6.74. The second-order valence-corrected chi connectivity index (χ2v) is 13.9. The van der Waals surface area contributed by atoms with E-state index in [0.29, 0.717) is 5.75 Å². The molecule has 2 aromatic carbocycles. The molecule has 0 bridgehead atoms. The first-order chi connectivity index (χ1) is 19.8. The Morgan fingerprint density at radius 1 is 1.19 bits per heavy atom. The summed E-state index contributed by atoms with van der Waals surface area (Å²) in [5.74, 6) is -0.456. The molecule has 1 aliphatic rings. The van der Waals surface area contributed by atoms with Crippen molar-refractivity contribution in [1.82, 2.24) is 18.8 Å². The number of hydrogen-bond donors (Lipinski definition) is 2. The SMILES string of the molecule is COc1ccc(S(=O)(=O)Nc2cccc3c2O[C@@H](CN(C)S(=O)(=O)c2cn(C)cn2)[C@H](C)CN([C@H](C)CO)C3=O)cc1. The maximum atomic E-state index is 13.7. The summed E-state index contributed by atoms with van der Waals surface area (Å²) in [4.78, 5) is 19.1. The van der Waals surface area contributed by atoms with E-state index in [1.54, 1.807) is 20.9 Å². The predicted molar refractivity (Wildman–Crippen MR) is 154 cm³/mol. The molecule has 0 radical (unpaired) electrons. The van der Waals surface area contributed by atoms with Gasteiger partial charge in [-0.25, -0.2) is 21.8 Å². The van der Waals surface area contributed by atoms with Crippen molar-refractivity contribution < 1.29 is 36.2 Å². The Hall–Kier alpha value is -3.66. The summed E-state index contributed by atoms with van der Waals surface area (Å²) in [5, 5.41) is 9.76. The Morgan fingerprint density at radius 2 is 1.88 bits per heavy atom. The molecule has 1 aliphatic heterocycles. The summed E-state index contributed by atoms with van der Waals surface area (Å²) in [7, 11) is -3.58. The first-order valence-corrected chi connectivity index (χ1v) is 16.0. The van der Waals surface area contributed by atoms with Crippen LogP contribution >= 0.6 is 0 Å². The highest BCUT2D eigenvalue weighted by Crippen LogP contribution is 2.36. The topological polar surface area (TPSA) is 160 Å². The standard InChI is InChI=1S/C27H35N5O8S2/c1-18-13-32(19(2)16-33)27(34)22-7-6-8-23(29-41(35,36)21-11-9-20(39-5)10-12-21)26(22)40-24(18)14-31(4)42(37,38)25-15-30(3)17-28-25/h6-12,15,17-19,24,29,33H,13-14,16H2,1-5H3/t18-,19-,24+/m1/s1. The molecule has 0 spiro atoms. The number of nitrogens with zero attached hydrogens (tertiary/aromatic N) is 4. The van der Waals surface area contributed by atoms with Crippen LogP contribution in [0.25, 0.3) is 0 Å². The van der Waals surface area contributed by atoms with E-state index in [-0.39, 0.29) is 46.6 Å². The van der Waals surface area contributed by atoms with E-state index in [4.69, 9.17) is 9.47 Å². The molecular weight excluding hydrogens is 586 g/mol. The molecule has 13 nitrogen and oxygen atoms in total. The second-order valence-electron chi connectivity index (χ2n) is 10.2. The summed E-state index contributed by atoms with van der Waals surface area (Å²) >= 11 is 0. The lowest BCUT2D eigenvalue weighted by atomic mass is 9.99. The minimum absolute atomic E-state index is 0.00241. The predicted octanol–water partition coefficient (Wildman–Crippen LogP) is 1.77. The van der Waals surface area contributed by atoms with Gasteiger partial charge in [0.1, 0.15) is 11.9 Å². The molecule has 2 N–H and O–H groups in total. The van der Waals surface area contributed by atoms with Gasteiger partial charge in [-0.05, 0) is 43.3 Å². The minimum Gasteiger partial charge on any atom is -0.497 e. The minimum atomic E-state index is -4.12. The smallest absolute Gasteiger partial charge is 0.262 e. The van der Waals surface area contributed by atoms with E-state index in [9.17, 15) is 26.7 Å². The van der Waals surface area contributed by atoms with E-state index in [1.807, 2.05) is 0 Å². The average Bonchev–Trinajstić information content (AvgIpc) is 3.41. The van der Waals surface area contributed by atoms with Crippen LogP contribution in [-0.4, -0.2) is 92.6 Å². The zero-order valence-electron chi connectivity index (χ0n) is 24.0. The van der Waals surface area contributed by atoms with Gasteiger partial charge in [-0.3, -0.25) is 9.52 Å². The third-order valence-corrected chi connectivity index (χ3v) is 10.2. The molecule has 4 rings (SSSR count). The maximum Gasteiger partial charge on any atom is 0.262 e. The zero-order chi connectivity index (χ0) is 30.8. The number of carbonyl (C=O) groups excluding carboxylic acids is 1. The average molecular weight is 622 g/mol. The van der Waals surface area contributed by atoms with Gasteiger partial charge < -0.3 is 24.0 Å². The third-order valence-electron chi connectivity index (χ3n) is 7.10. The number of para-hydroxylation sites is 1. The van der Waals surface area contributed by atoms with Gasteiger partial charge in [0.15, 0.2) is 10.8 Å². The number of likely N-dealkylation sites (N-methyl/N-ethyl adjacent to an activating group) is 1. The number of ether oxygens (including phenoxy) is 2. The van der Waals surface area contributed by atoms with Crippen molar-refractivity contribution in [2.24, 2.45) is 13.0 Å². The van der Waals surface area contributed by atoms with E-state index in [1.165, 1.54) is 78.6 Å². The molecule has 1 amide bonds. The molecule has 1 aromatic heterocycles. The van der Waals surface area contributed by atoms with Gasteiger partial charge in [0.25, 0.3) is 26.0 Å². The quantitative estimate of drug-likeness (QED) is 0.344. The van der Waals surface area contributed by atoms with Crippen molar-refractivity contribution in [3.8, 4) is 11.5 Å². The van der Waals surface area contributed by atoms with Gasteiger partial charge in [-0.2, -0.15) is 4.31 Å². The number of aliphatic hydroxyl groups is 1. The number of amides is 1. The van der Waals surface area contributed by atoms with Crippen LogP contribution in [0.5, 0.6) is 11.5 Å². The Labute approximate surface area is 245 Å². The number of hydrogen-bond acceptors (Lipinski definition) is 9. The van der Waals surface area contributed by atoms with Crippen molar-refractivity contribution in [2.75, 3.05) is 38.6 Å². The number of aryl methyl sites for hydroxylation is 1. The molecule has 0 aliphatic carbocycles. The Bertz CT molecular complexity index is 1640. The summed E-state index contributed by atoms with van der Waals surface area (Å²) in [5.41, 5.74) is 0.0694. The van der Waals surface area contributed by atoms with Crippen molar-refractivity contribution in [1.29, 1.82) is 0 Å². The lowest BCUT2D eigenvalue weighted by Crippen LogP contribution is -2.50. The van der Waals surface area contributed by atoms with Crippen molar-refractivity contribution >= 4 is 31.6 Å². The molecule has 2 heterocycles. The summed E-state index contributed by atoms with van der Waals surface area (Å²) in [6.45, 7) is 3.21. The summed E-state index contributed by atoms with van der Waals surface area (Å²) in [6.07, 6.45) is 1.95. The van der Waals surface area contributed by atoms with Crippen molar-refractivity contribution in [2.45, 2.75) is 35.9 Å². The molecule has 0 fully saturated rings. The largest absolute Gasteiger partial charge is 0.497 e. The van der Waals surface area contributed by atoms with E-state index >= 15 is 0 Å². The van der Waals surface area contributed by atoms with Gasteiger partial charge in [0.05, 0.1) is 48.8 Å². The number of sulfonamides is 2. The van der Waals surface area contributed by atoms with Crippen LogP contribution in [-0.2, 0) is 27.1 Å². The van der Waals surface area contributed by atoms with Gasteiger partial charge in [0.2, 0.25) is 0 Å². The van der Waals surface area contributed by atoms with Crippen molar-refractivity contribution in [3.05, 3.63) is 60.6 Å². The lowest BCUT2D eigenvalue weighted by Gasteiger charge is -2.38. The zero-order valence-corrected chi connectivity index (χ0v) is 25.6. The molecule has 3 atom stereocenters. The highest BCUT2D eigenvalue weighted by atomic mass is 32.2. The van der Waals surface area contributed by atoms with Crippen LogP contribution in [0.15, 0.2) is 64.9 Å². The van der Waals surface area contributed by atoms with Crippen LogP contribution in [0.2, 0.25) is 0 Å². The Morgan fingerprint density at radius 3 is 2.48 bits per heavy atom. The molecule has 15 heteroatoms. The highest BCUT2D eigenvalue weighted by Gasteiger charge is 2.37. The Balaban J connectivity index is 1.75. The van der Waals surface area contributed by atoms with E-state index in [0.717, 1.165) is 4.31 Å². The van der Waals surface area contributed by atoms with Crippen LogP contribution < -0.4 is 14.2 Å². The number of nitrogens with one attached hydrogen (secondary N) is 1. The van der Waals surface area contributed by atoms with Crippen LogP contribution in [0.3, 0.4) is 0 Å². The van der Waals surface area contributed by atoms with Crippen molar-refractivity contribution in [3.63, 3.8) is 0 Å². The molecule has 0 saturated heterocycles. The first-order valence-electron chi connectivity index (χ1n) is 13.1. The molecule has 3 aromatic rings. The van der Waals surface area contributed by atoms with Gasteiger partial charge in [-0.1, -0.05) is 13.0 Å². The number of fused-ring (bicyclic) bond motifs is 1. The third kappa shape index (κ3) is 6.38. The summed E-state index contributed by atoms with van der Waals surface area (Å²) in [6, 6.07) is 9.69.